The first-order chi connectivity index (χ1) is 9.49. The third kappa shape index (κ3) is 6.38. The molecule has 4 nitrogen and oxygen atoms in total. The van der Waals surface area contributed by atoms with Crippen LogP contribution in [-0.4, -0.2) is 44.1 Å². The number of carbonyl (C=O) groups is 1. The van der Waals surface area contributed by atoms with Crippen molar-refractivity contribution in [1.82, 2.24) is 10.2 Å². The summed E-state index contributed by atoms with van der Waals surface area (Å²) >= 11 is 0. The van der Waals surface area contributed by atoms with Crippen molar-refractivity contribution in [2.75, 3.05) is 27.2 Å². The number of ether oxygens (including phenoxy) is 1. The van der Waals surface area contributed by atoms with Crippen LogP contribution in [0.1, 0.15) is 12.5 Å². The molecule has 20 heavy (non-hydrogen) atoms. The molecule has 0 aliphatic rings. The number of hydrogen-bond acceptors (Lipinski definition) is 3. The lowest BCUT2D eigenvalue weighted by Crippen LogP contribution is -2.32. The highest BCUT2D eigenvalue weighted by Crippen LogP contribution is 2.17. The first-order valence-electron chi connectivity index (χ1n) is 6.80. The van der Waals surface area contributed by atoms with E-state index in [9.17, 15) is 4.79 Å². The summed E-state index contributed by atoms with van der Waals surface area (Å²) in [4.78, 5) is 13.6. The van der Waals surface area contributed by atoms with E-state index in [0.717, 1.165) is 17.9 Å². The van der Waals surface area contributed by atoms with Gasteiger partial charge in [0.25, 0.3) is 0 Å². The fraction of sp³-hybridized carbons (Fsp3) is 0.438. The Morgan fingerprint density at radius 1 is 1.40 bits per heavy atom. The lowest BCUT2D eigenvalue weighted by atomic mass is 10.2. The van der Waals surface area contributed by atoms with Crippen LogP contribution in [0.5, 0.6) is 5.75 Å². The van der Waals surface area contributed by atoms with Crippen LogP contribution < -0.4 is 10.1 Å². The van der Waals surface area contributed by atoms with Gasteiger partial charge in [-0.05, 0) is 39.6 Å². The van der Waals surface area contributed by atoms with E-state index in [0.29, 0.717) is 6.54 Å². The molecule has 1 aromatic carbocycles. The number of carbonyl (C=O) groups excluding carboxylic acids is 1. The van der Waals surface area contributed by atoms with E-state index in [2.05, 4.69) is 5.32 Å². The number of aryl methyl sites for hydroxylation is 1. The van der Waals surface area contributed by atoms with Crippen molar-refractivity contribution in [2.24, 2.45) is 0 Å². The van der Waals surface area contributed by atoms with Crippen LogP contribution in [0, 0.1) is 6.92 Å². The highest BCUT2D eigenvalue weighted by atomic mass is 16.5. The van der Waals surface area contributed by atoms with Gasteiger partial charge in [0.1, 0.15) is 11.9 Å². The van der Waals surface area contributed by atoms with E-state index in [-0.39, 0.29) is 12.0 Å². The van der Waals surface area contributed by atoms with Gasteiger partial charge in [-0.15, -0.1) is 0 Å². The Morgan fingerprint density at radius 2 is 2.10 bits per heavy atom. The zero-order valence-corrected chi connectivity index (χ0v) is 12.7. The van der Waals surface area contributed by atoms with Gasteiger partial charge in [-0.3, -0.25) is 4.79 Å². The molecule has 0 radical (unpaired) electrons. The summed E-state index contributed by atoms with van der Waals surface area (Å²) in [6, 6.07) is 7.86. The second-order valence-corrected chi connectivity index (χ2v) is 5.10. The Labute approximate surface area is 121 Å². The largest absolute Gasteiger partial charge is 0.489 e. The van der Waals surface area contributed by atoms with E-state index >= 15 is 0 Å². The maximum Gasteiger partial charge on any atom is 0.243 e. The topological polar surface area (TPSA) is 41.6 Å². The molecule has 0 aliphatic carbocycles. The standard InChI is InChI=1S/C16H24N2O2/c1-13-8-5-6-9-15(13)20-14(2)12-17-16(19)10-7-11-18(3)4/h5-10,14H,11-12H2,1-4H3,(H,17,19)/b10-7+. The molecule has 0 saturated heterocycles. The molecule has 1 N–H and O–H groups in total. The van der Waals surface area contributed by atoms with Gasteiger partial charge >= 0.3 is 0 Å². The molecule has 1 atom stereocenters. The third-order valence-corrected chi connectivity index (χ3v) is 2.73. The first kappa shape index (κ1) is 16.2. The average molecular weight is 276 g/mol. The number of nitrogens with one attached hydrogen (secondary N) is 1. The van der Waals surface area contributed by atoms with E-state index < -0.39 is 0 Å². The smallest absolute Gasteiger partial charge is 0.243 e. The van der Waals surface area contributed by atoms with Crippen molar-refractivity contribution >= 4 is 5.91 Å². The normalized spacial score (nSPS) is 12.7. The van der Waals surface area contributed by atoms with Crippen molar-refractivity contribution in [3.05, 3.63) is 42.0 Å². The fourth-order valence-electron chi connectivity index (χ4n) is 1.62. The molecule has 1 unspecified atom stereocenters. The Kier molecular flexibility index (Phi) is 6.81. The molecular formula is C16H24N2O2. The Hall–Kier alpha value is -1.81. The molecular weight excluding hydrogens is 252 g/mol. The molecule has 0 saturated carbocycles. The quantitative estimate of drug-likeness (QED) is 0.774. The number of para-hydroxylation sites is 1. The van der Waals surface area contributed by atoms with Crippen LogP contribution in [0.15, 0.2) is 36.4 Å². The van der Waals surface area contributed by atoms with E-state index in [4.69, 9.17) is 4.74 Å². The zero-order chi connectivity index (χ0) is 15.0. The highest BCUT2D eigenvalue weighted by molar-refractivity contribution is 5.87. The van der Waals surface area contributed by atoms with E-state index in [1.54, 1.807) is 6.08 Å². The van der Waals surface area contributed by atoms with Gasteiger partial charge in [0.15, 0.2) is 0 Å². The van der Waals surface area contributed by atoms with Crippen molar-refractivity contribution in [3.63, 3.8) is 0 Å². The SMILES string of the molecule is Cc1ccccc1OC(C)CNC(=O)/C=C/CN(C)C. The van der Waals surface area contributed by atoms with Crippen molar-refractivity contribution in [2.45, 2.75) is 20.0 Å². The lowest BCUT2D eigenvalue weighted by Gasteiger charge is -2.16. The minimum Gasteiger partial charge on any atom is -0.489 e. The summed E-state index contributed by atoms with van der Waals surface area (Å²) < 4.78 is 5.79. The Balaban J connectivity index is 2.33. The maximum atomic E-state index is 11.6. The number of rotatable bonds is 7. The fourth-order valence-corrected chi connectivity index (χ4v) is 1.62. The Bertz CT molecular complexity index is 456. The minimum absolute atomic E-state index is 0.0673. The lowest BCUT2D eigenvalue weighted by molar-refractivity contribution is -0.116. The molecule has 1 amide bonds. The predicted molar refractivity (Wildman–Crippen MR) is 82.0 cm³/mol. The van der Waals surface area contributed by atoms with Crippen molar-refractivity contribution in [1.29, 1.82) is 0 Å². The number of hydrogen-bond donors (Lipinski definition) is 1. The van der Waals surface area contributed by atoms with Gasteiger partial charge < -0.3 is 15.0 Å². The first-order valence-corrected chi connectivity index (χ1v) is 6.80. The van der Waals surface area contributed by atoms with Gasteiger partial charge in [-0.25, -0.2) is 0 Å². The van der Waals surface area contributed by atoms with Crippen LogP contribution in [0.3, 0.4) is 0 Å². The summed E-state index contributed by atoms with van der Waals surface area (Å²) in [5.41, 5.74) is 1.09. The summed E-state index contributed by atoms with van der Waals surface area (Å²) in [6.45, 7) is 5.18. The maximum absolute atomic E-state index is 11.6. The second-order valence-electron chi connectivity index (χ2n) is 5.10. The summed E-state index contributed by atoms with van der Waals surface area (Å²) in [6.07, 6.45) is 3.32. The molecule has 4 heteroatoms. The van der Waals surface area contributed by atoms with Crippen LogP contribution in [0.4, 0.5) is 0 Å². The Morgan fingerprint density at radius 3 is 2.75 bits per heavy atom. The predicted octanol–water partition coefficient (Wildman–Crippen LogP) is 2.00. The summed E-state index contributed by atoms with van der Waals surface area (Å²) in [5.74, 6) is 0.768. The zero-order valence-electron chi connectivity index (χ0n) is 12.7. The van der Waals surface area contributed by atoms with Crippen molar-refractivity contribution in [3.8, 4) is 5.75 Å². The van der Waals surface area contributed by atoms with Crippen LogP contribution >= 0.6 is 0 Å². The molecule has 0 bridgehead atoms. The third-order valence-electron chi connectivity index (χ3n) is 2.73. The van der Waals surface area contributed by atoms with Gasteiger partial charge in [-0.2, -0.15) is 0 Å². The molecule has 1 aromatic rings. The van der Waals surface area contributed by atoms with Crippen molar-refractivity contribution < 1.29 is 9.53 Å². The van der Waals surface area contributed by atoms with Gasteiger partial charge in [0.2, 0.25) is 5.91 Å². The second kappa shape index (κ2) is 8.38. The number of nitrogens with zero attached hydrogens (tertiary/aromatic N) is 1. The van der Waals surface area contributed by atoms with E-state index in [1.165, 1.54) is 0 Å². The number of amides is 1. The molecule has 0 aliphatic heterocycles. The molecule has 0 heterocycles. The molecule has 0 fully saturated rings. The van der Waals surface area contributed by atoms with Gasteiger partial charge in [0.05, 0.1) is 6.54 Å². The summed E-state index contributed by atoms with van der Waals surface area (Å²) in [7, 11) is 3.92. The highest BCUT2D eigenvalue weighted by Gasteiger charge is 2.06. The molecule has 0 aromatic heterocycles. The molecule has 1 rings (SSSR count). The van der Waals surface area contributed by atoms with Crippen LogP contribution in [0.2, 0.25) is 0 Å². The number of benzene rings is 1. The monoisotopic (exact) mass is 276 g/mol. The average Bonchev–Trinajstić information content (AvgIpc) is 2.39. The van der Waals surface area contributed by atoms with E-state index in [1.807, 2.05) is 63.2 Å². The molecule has 110 valence electrons. The van der Waals surface area contributed by atoms with Gasteiger partial charge in [0, 0.05) is 12.6 Å². The minimum atomic E-state index is -0.0907. The van der Waals surface area contributed by atoms with Crippen LogP contribution in [-0.2, 0) is 4.79 Å². The molecule has 0 spiro atoms. The van der Waals surface area contributed by atoms with Gasteiger partial charge in [-0.1, -0.05) is 24.3 Å². The summed E-state index contributed by atoms with van der Waals surface area (Å²) in [5, 5.41) is 2.83. The van der Waals surface area contributed by atoms with Crippen LogP contribution in [0.25, 0.3) is 0 Å². The number of likely N-dealkylation sites (N-methyl/N-ethyl adjacent to an activating group) is 1.